The van der Waals surface area contributed by atoms with Gasteiger partial charge < -0.3 is 4.42 Å². The average molecular weight is 652 g/mol. The van der Waals surface area contributed by atoms with Crippen molar-refractivity contribution in [2.75, 3.05) is 0 Å². The third kappa shape index (κ3) is 4.96. The molecule has 51 heavy (non-hydrogen) atoms. The third-order valence-corrected chi connectivity index (χ3v) is 9.74. The van der Waals surface area contributed by atoms with Crippen LogP contribution in [0.15, 0.2) is 180 Å². The summed E-state index contributed by atoms with van der Waals surface area (Å²) in [7, 11) is 0. The fourth-order valence-electron chi connectivity index (χ4n) is 7.31. The van der Waals surface area contributed by atoms with Crippen LogP contribution in [0.25, 0.3) is 99.9 Å². The second-order valence-electron chi connectivity index (χ2n) is 12.8. The molecule has 0 aliphatic rings. The lowest BCUT2D eigenvalue weighted by atomic mass is 9.94. The van der Waals surface area contributed by atoms with Crippen molar-refractivity contribution < 1.29 is 4.42 Å². The van der Waals surface area contributed by atoms with Gasteiger partial charge in [0.15, 0.2) is 17.5 Å². The Morgan fingerprint density at radius 1 is 0.333 bits per heavy atom. The SMILES string of the molecule is c1ccc(-c2nc(-c3ccc(-c4cccc5ccccc45)cc3)nc(-c3cccc4oc5c6ccccc6c(-c6ccccc6)cc5c34)n2)cc1. The number of hydrogen-bond donors (Lipinski definition) is 0. The second kappa shape index (κ2) is 11.9. The summed E-state index contributed by atoms with van der Waals surface area (Å²) < 4.78 is 6.66. The zero-order valence-corrected chi connectivity index (χ0v) is 27.5. The van der Waals surface area contributed by atoms with E-state index in [2.05, 4.69) is 133 Å². The molecule has 0 unspecified atom stereocenters. The molecule has 4 heteroatoms. The van der Waals surface area contributed by atoms with Gasteiger partial charge in [0.05, 0.1) is 0 Å². The summed E-state index contributed by atoms with van der Waals surface area (Å²) in [6.45, 7) is 0. The monoisotopic (exact) mass is 651 g/mol. The van der Waals surface area contributed by atoms with E-state index in [1.54, 1.807) is 0 Å². The molecule has 0 spiro atoms. The normalized spacial score (nSPS) is 11.5. The molecule has 0 bridgehead atoms. The van der Waals surface area contributed by atoms with Gasteiger partial charge in [-0.15, -0.1) is 0 Å². The lowest BCUT2D eigenvalue weighted by Crippen LogP contribution is -2.00. The van der Waals surface area contributed by atoms with Gasteiger partial charge in [-0.05, 0) is 50.5 Å². The number of benzene rings is 8. The van der Waals surface area contributed by atoms with E-state index in [0.29, 0.717) is 17.5 Å². The number of aromatic nitrogens is 3. The highest BCUT2D eigenvalue weighted by Gasteiger charge is 2.20. The average Bonchev–Trinajstić information content (AvgIpc) is 3.60. The second-order valence-corrected chi connectivity index (χ2v) is 12.8. The van der Waals surface area contributed by atoms with Crippen LogP contribution in [0, 0.1) is 0 Å². The molecule has 0 aliphatic carbocycles. The van der Waals surface area contributed by atoms with Crippen molar-refractivity contribution >= 4 is 43.5 Å². The first-order valence-electron chi connectivity index (χ1n) is 17.1. The minimum atomic E-state index is 0.597. The predicted octanol–water partition coefficient (Wildman–Crippen LogP) is 12.4. The third-order valence-electron chi connectivity index (χ3n) is 9.74. The molecule has 0 saturated heterocycles. The zero-order chi connectivity index (χ0) is 33.7. The first kappa shape index (κ1) is 29.0. The first-order valence-corrected chi connectivity index (χ1v) is 17.1. The van der Waals surface area contributed by atoms with Gasteiger partial charge in [0.25, 0.3) is 0 Å². The molecule has 4 nitrogen and oxygen atoms in total. The fourth-order valence-corrected chi connectivity index (χ4v) is 7.31. The van der Waals surface area contributed by atoms with Crippen molar-refractivity contribution in [2.24, 2.45) is 0 Å². The smallest absolute Gasteiger partial charge is 0.164 e. The van der Waals surface area contributed by atoms with Crippen molar-refractivity contribution in [3.8, 4) is 56.4 Å². The number of furan rings is 1. The van der Waals surface area contributed by atoms with E-state index < -0.39 is 0 Å². The van der Waals surface area contributed by atoms with Crippen LogP contribution < -0.4 is 0 Å². The number of hydrogen-bond acceptors (Lipinski definition) is 4. The minimum absolute atomic E-state index is 0.597. The molecule has 0 amide bonds. The lowest BCUT2D eigenvalue weighted by molar-refractivity contribution is 0.673. The van der Waals surface area contributed by atoms with Crippen LogP contribution in [0.5, 0.6) is 0 Å². The summed E-state index contributed by atoms with van der Waals surface area (Å²) in [5.41, 5.74) is 9.04. The molecule has 2 heterocycles. The maximum atomic E-state index is 6.66. The van der Waals surface area contributed by atoms with E-state index in [1.165, 1.54) is 16.3 Å². The van der Waals surface area contributed by atoms with Gasteiger partial charge in [-0.25, -0.2) is 15.0 Å². The van der Waals surface area contributed by atoms with Gasteiger partial charge in [0.2, 0.25) is 0 Å². The number of fused-ring (bicyclic) bond motifs is 6. The standard InChI is InChI=1S/C47H29N3O/c1-3-13-31(14-4-1)40-29-41-43-39(23-12-24-42(43)51-44(41)38-21-10-9-20-37(38)40)47-49-45(33-16-5-2-6-17-33)48-46(50-47)34-27-25-32(26-28-34)36-22-11-18-30-15-7-8-19-35(30)36/h1-29H. The molecule has 0 radical (unpaired) electrons. The fraction of sp³-hybridized carbons (Fsp3) is 0. The van der Waals surface area contributed by atoms with Crippen molar-refractivity contribution in [1.82, 2.24) is 15.0 Å². The molecule has 0 saturated carbocycles. The molecule has 238 valence electrons. The topological polar surface area (TPSA) is 51.8 Å². The molecule has 2 aromatic heterocycles. The molecule has 0 fully saturated rings. The van der Waals surface area contributed by atoms with Crippen molar-refractivity contribution in [3.05, 3.63) is 176 Å². The quantitative estimate of drug-likeness (QED) is 0.186. The molecule has 0 aliphatic heterocycles. The highest BCUT2D eigenvalue weighted by atomic mass is 16.3. The largest absolute Gasteiger partial charge is 0.455 e. The van der Waals surface area contributed by atoms with Crippen LogP contribution in [0.1, 0.15) is 0 Å². The van der Waals surface area contributed by atoms with Gasteiger partial charge >= 0.3 is 0 Å². The van der Waals surface area contributed by atoms with E-state index >= 15 is 0 Å². The molecule has 10 aromatic rings. The summed E-state index contributed by atoms with van der Waals surface area (Å²) in [5, 5.41) is 6.68. The lowest BCUT2D eigenvalue weighted by Gasteiger charge is -2.11. The van der Waals surface area contributed by atoms with E-state index in [4.69, 9.17) is 19.4 Å². The van der Waals surface area contributed by atoms with Gasteiger partial charge in [-0.2, -0.15) is 0 Å². The van der Waals surface area contributed by atoms with Crippen LogP contribution in [0.4, 0.5) is 0 Å². The molecule has 8 aromatic carbocycles. The maximum absolute atomic E-state index is 6.66. The van der Waals surface area contributed by atoms with Crippen LogP contribution in [0.3, 0.4) is 0 Å². The van der Waals surface area contributed by atoms with Gasteiger partial charge in [-0.1, -0.05) is 164 Å². The van der Waals surface area contributed by atoms with Gasteiger partial charge in [0, 0.05) is 32.8 Å². The highest BCUT2D eigenvalue weighted by molar-refractivity contribution is 6.21. The molecular formula is C47H29N3O. The summed E-state index contributed by atoms with van der Waals surface area (Å²) in [6.07, 6.45) is 0. The van der Waals surface area contributed by atoms with Gasteiger partial charge in [-0.3, -0.25) is 0 Å². The van der Waals surface area contributed by atoms with Gasteiger partial charge in [0.1, 0.15) is 11.2 Å². The highest BCUT2D eigenvalue weighted by Crippen LogP contribution is 2.43. The minimum Gasteiger partial charge on any atom is -0.455 e. The number of rotatable bonds is 5. The molecular weight excluding hydrogens is 623 g/mol. The Kier molecular flexibility index (Phi) is 6.78. The molecule has 0 atom stereocenters. The van der Waals surface area contributed by atoms with E-state index in [0.717, 1.165) is 66.1 Å². The van der Waals surface area contributed by atoms with Crippen LogP contribution in [0.2, 0.25) is 0 Å². The Morgan fingerprint density at radius 2 is 0.863 bits per heavy atom. The Morgan fingerprint density at radius 3 is 1.63 bits per heavy atom. The Labute approximate surface area is 294 Å². The predicted molar refractivity (Wildman–Crippen MR) is 209 cm³/mol. The Balaban J connectivity index is 1.18. The summed E-state index contributed by atoms with van der Waals surface area (Å²) in [5.74, 6) is 1.83. The maximum Gasteiger partial charge on any atom is 0.164 e. The van der Waals surface area contributed by atoms with Crippen molar-refractivity contribution in [2.45, 2.75) is 0 Å². The number of nitrogens with zero attached hydrogens (tertiary/aromatic N) is 3. The van der Waals surface area contributed by atoms with Crippen LogP contribution >= 0.6 is 0 Å². The van der Waals surface area contributed by atoms with Crippen molar-refractivity contribution in [3.63, 3.8) is 0 Å². The van der Waals surface area contributed by atoms with Crippen LogP contribution in [-0.4, -0.2) is 15.0 Å². The summed E-state index contributed by atoms with van der Waals surface area (Å²) >= 11 is 0. The van der Waals surface area contributed by atoms with Crippen molar-refractivity contribution in [1.29, 1.82) is 0 Å². The Bertz CT molecular complexity index is 2890. The first-order chi connectivity index (χ1) is 25.3. The summed E-state index contributed by atoms with van der Waals surface area (Å²) in [4.78, 5) is 15.3. The summed E-state index contributed by atoms with van der Waals surface area (Å²) in [6, 6.07) is 61.0. The molecule has 10 rings (SSSR count). The molecule has 0 N–H and O–H groups in total. The zero-order valence-electron chi connectivity index (χ0n) is 27.5. The van der Waals surface area contributed by atoms with E-state index in [1.807, 2.05) is 42.5 Å². The van der Waals surface area contributed by atoms with Crippen LogP contribution in [-0.2, 0) is 0 Å². The Hall–Kier alpha value is -6.91. The van der Waals surface area contributed by atoms with E-state index in [9.17, 15) is 0 Å². The van der Waals surface area contributed by atoms with E-state index in [-0.39, 0.29) is 0 Å².